The number of benzene rings is 1. The van der Waals surface area contributed by atoms with Gasteiger partial charge in [0.2, 0.25) is 0 Å². The SMILES string of the molecule is CCOC(=O)C(C)(N)c1ccccc1C#N.Cl. The van der Waals surface area contributed by atoms with Crippen LogP contribution >= 0.6 is 12.4 Å². The molecule has 1 atom stereocenters. The quantitative estimate of drug-likeness (QED) is 0.834. The normalized spacial score (nSPS) is 12.8. The molecule has 1 aromatic carbocycles. The summed E-state index contributed by atoms with van der Waals surface area (Å²) in [6, 6.07) is 8.76. The van der Waals surface area contributed by atoms with Crippen molar-refractivity contribution in [1.82, 2.24) is 0 Å². The van der Waals surface area contributed by atoms with E-state index in [1.165, 1.54) is 0 Å². The summed E-state index contributed by atoms with van der Waals surface area (Å²) in [7, 11) is 0. The average molecular weight is 255 g/mol. The topological polar surface area (TPSA) is 76.1 Å². The highest BCUT2D eigenvalue weighted by Gasteiger charge is 2.34. The molecule has 0 bridgehead atoms. The van der Waals surface area contributed by atoms with Crippen LogP contribution in [-0.2, 0) is 15.1 Å². The van der Waals surface area contributed by atoms with Gasteiger partial charge in [-0.05, 0) is 19.9 Å². The number of esters is 1. The van der Waals surface area contributed by atoms with Crippen molar-refractivity contribution in [3.63, 3.8) is 0 Å². The summed E-state index contributed by atoms with van der Waals surface area (Å²) in [5.74, 6) is -0.530. The number of nitrogens with zero attached hydrogens (tertiary/aromatic N) is 1. The van der Waals surface area contributed by atoms with Gasteiger partial charge in [-0.2, -0.15) is 5.26 Å². The Morgan fingerprint density at radius 2 is 2.12 bits per heavy atom. The van der Waals surface area contributed by atoms with Crippen LogP contribution in [0.4, 0.5) is 0 Å². The minimum Gasteiger partial charge on any atom is -0.464 e. The van der Waals surface area contributed by atoms with E-state index < -0.39 is 11.5 Å². The zero-order chi connectivity index (χ0) is 12.2. The maximum absolute atomic E-state index is 11.7. The van der Waals surface area contributed by atoms with Gasteiger partial charge < -0.3 is 10.5 Å². The molecular weight excluding hydrogens is 240 g/mol. The Hall–Kier alpha value is -1.57. The van der Waals surface area contributed by atoms with Gasteiger partial charge in [0, 0.05) is 5.56 Å². The van der Waals surface area contributed by atoms with Crippen molar-refractivity contribution >= 4 is 18.4 Å². The highest BCUT2D eigenvalue weighted by molar-refractivity contribution is 5.85. The number of rotatable bonds is 3. The summed E-state index contributed by atoms with van der Waals surface area (Å²) >= 11 is 0. The molecule has 0 saturated carbocycles. The predicted octanol–water partition coefficient (Wildman–Crippen LogP) is 1.72. The van der Waals surface area contributed by atoms with Crippen molar-refractivity contribution in [3.8, 4) is 6.07 Å². The summed E-state index contributed by atoms with van der Waals surface area (Å²) in [6.07, 6.45) is 0. The van der Waals surface area contributed by atoms with Gasteiger partial charge in [0.15, 0.2) is 0 Å². The fourth-order valence-corrected chi connectivity index (χ4v) is 1.42. The maximum atomic E-state index is 11.7. The van der Waals surface area contributed by atoms with E-state index in [0.29, 0.717) is 11.1 Å². The first-order chi connectivity index (χ1) is 7.54. The number of hydrogen-bond acceptors (Lipinski definition) is 4. The zero-order valence-electron chi connectivity index (χ0n) is 9.77. The van der Waals surface area contributed by atoms with E-state index in [4.69, 9.17) is 15.7 Å². The molecule has 0 aliphatic carbocycles. The van der Waals surface area contributed by atoms with Crippen LogP contribution in [0.2, 0.25) is 0 Å². The van der Waals surface area contributed by atoms with E-state index in [1.54, 1.807) is 38.1 Å². The average Bonchev–Trinajstić information content (AvgIpc) is 2.29. The van der Waals surface area contributed by atoms with Gasteiger partial charge in [-0.15, -0.1) is 12.4 Å². The van der Waals surface area contributed by atoms with Crippen LogP contribution < -0.4 is 5.73 Å². The van der Waals surface area contributed by atoms with Crippen molar-refractivity contribution < 1.29 is 9.53 Å². The van der Waals surface area contributed by atoms with Crippen LogP contribution in [0, 0.1) is 11.3 Å². The number of nitriles is 1. The lowest BCUT2D eigenvalue weighted by Gasteiger charge is -2.23. The second-order valence-corrected chi connectivity index (χ2v) is 3.58. The number of hydrogen-bond donors (Lipinski definition) is 1. The molecule has 4 nitrogen and oxygen atoms in total. The molecule has 0 aromatic heterocycles. The Morgan fingerprint density at radius 3 is 2.65 bits per heavy atom. The number of carbonyl (C=O) groups is 1. The lowest BCUT2D eigenvalue weighted by molar-refractivity contribution is -0.149. The van der Waals surface area contributed by atoms with E-state index in [1.807, 2.05) is 6.07 Å². The number of carbonyl (C=O) groups excluding carboxylic acids is 1. The van der Waals surface area contributed by atoms with Crippen LogP contribution in [0.15, 0.2) is 24.3 Å². The molecule has 5 heteroatoms. The van der Waals surface area contributed by atoms with E-state index in [0.717, 1.165) is 0 Å². The van der Waals surface area contributed by atoms with Crippen molar-refractivity contribution in [2.24, 2.45) is 5.73 Å². The molecule has 0 amide bonds. The van der Waals surface area contributed by atoms with Crippen molar-refractivity contribution in [3.05, 3.63) is 35.4 Å². The van der Waals surface area contributed by atoms with Gasteiger partial charge in [0.25, 0.3) is 0 Å². The Balaban J connectivity index is 0.00000256. The molecule has 0 radical (unpaired) electrons. The number of halogens is 1. The third-order valence-corrected chi connectivity index (χ3v) is 2.31. The molecule has 2 N–H and O–H groups in total. The number of nitrogens with two attached hydrogens (primary N) is 1. The molecule has 1 rings (SSSR count). The molecular formula is C12H15ClN2O2. The molecule has 0 heterocycles. The summed E-state index contributed by atoms with van der Waals surface area (Å²) in [6.45, 7) is 3.52. The summed E-state index contributed by atoms with van der Waals surface area (Å²) < 4.78 is 4.89. The minimum absolute atomic E-state index is 0. The van der Waals surface area contributed by atoms with Gasteiger partial charge in [-0.25, -0.2) is 4.79 Å². The molecule has 0 fully saturated rings. The molecule has 0 aliphatic rings. The molecule has 1 aromatic rings. The van der Waals surface area contributed by atoms with Crippen LogP contribution in [0.1, 0.15) is 25.0 Å². The van der Waals surface area contributed by atoms with Gasteiger partial charge in [0.05, 0.1) is 18.2 Å². The van der Waals surface area contributed by atoms with Crippen molar-refractivity contribution in [2.75, 3.05) is 6.61 Å². The first-order valence-corrected chi connectivity index (χ1v) is 4.99. The van der Waals surface area contributed by atoms with E-state index in [9.17, 15) is 4.79 Å². The number of ether oxygens (including phenoxy) is 1. The molecule has 17 heavy (non-hydrogen) atoms. The highest BCUT2D eigenvalue weighted by atomic mass is 35.5. The highest BCUT2D eigenvalue weighted by Crippen LogP contribution is 2.22. The zero-order valence-corrected chi connectivity index (χ0v) is 10.6. The van der Waals surface area contributed by atoms with E-state index in [2.05, 4.69) is 0 Å². The molecule has 1 unspecified atom stereocenters. The largest absolute Gasteiger partial charge is 0.464 e. The van der Waals surface area contributed by atoms with Gasteiger partial charge >= 0.3 is 5.97 Å². The molecule has 0 spiro atoms. The lowest BCUT2D eigenvalue weighted by Crippen LogP contribution is -2.43. The Morgan fingerprint density at radius 1 is 1.53 bits per heavy atom. The van der Waals surface area contributed by atoms with E-state index in [-0.39, 0.29) is 19.0 Å². The molecule has 0 aliphatic heterocycles. The summed E-state index contributed by atoms with van der Waals surface area (Å²) in [5, 5.41) is 8.94. The Labute approximate surface area is 107 Å². The fraction of sp³-hybridized carbons (Fsp3) is 0.333. The van der Waals surface area contributed by atoms with Crippen molar-refractivity contribution in [2.45, 2.75) is 19.4 Å². The fourth-order valence-electron chi connectivity index (χ4n) is 1.42. The van der Waals surface area contributed by atoms with Gasteiger partial charge in [-0.3, -0.25) is 0 Å². The van der Waals surface area contributed by atoms with Gasteiger partial charge in [0.1, 0.15) is 5.54 Å². The standard InChI is InChI=1S/C12H14N2O2.ClH/c1-3-16-11(15)12(2,14)10-7-5-4-6-9(10)8-13;/h4-7H,3,14H2,1-2H3;1H. The first kappa shape index (κ1) is 15.4. The van der Waals surface area contributed by atoms with Gasteiger partial charge in [-0.1, -0.05) is 18.2 Å². The molecule has 92 valence electrons. The molecule has 0 saturated heterocycles. The Bertz CT molecular complexity index is 438. The summed E-state index contributed by atoms with van der Waals surface area (Å²) in [5.41, 5.74) is 5.50. The monoisotopic (exact) mass is 254 g/mol. The van der Waals surface area contributed by atoms with E-state index >= 15 is 0 Å². The third kappa shape index (κ3) is 3.19. The van der Waals surface area contributed by atoms with Crippen LogP contribution in [0.3, 0.4) is 0 Å². The maximum Gasteiger partial charge on any atom is 0.330 e. The smallest absolute Gasteiger partial charge is 0.330 e. The predicted molar refractivity (Wildman–Crippen MR) is 66.6 cm³/mol. The van der Waals surface area contributed by atoms with Crippen molar-refractivity contribution in [1.29, 1.82) is 5.26 Å². The third-order valence-electron chi connectivity index (χ3n) is 2.31. The first-order valence-electron chi connectivity index (χ1n) is 4.99. The van der Waals surface area contributed by atoms with Crippen LogP contribution in [0.5, 0.6) is 0 Å². The second kappa shape index (κ2) is 6.24. The minimum atomic E-state index is -1.29. The summed E-state index contributed by atoms with van der Waals surface area (Å²) in [4.78, 5) is 11.7. The lowest BCUT2D eigenvalue weighted by atomic mass is 9.89. The second-order valence-electron chi connectivity index (χ2n) is 3.58. The Kier molecular flexibility index (Phi) is 5.66. The van der Waals surface area contributed by atoms with Crippen LogP contribution in [-0.4, -0.2) is 12.6 Å². The van der Waals surface area contributed by atoms with Crippen LogP contribution in [0.25, 0.3) is 0 Å².